The van der Waals surface area contributed by atoms with Crippen LogP contribution in [0.1, 0.15) is 21.5 Å². The summed E-state index contributed by atoms with van der Waals surface area (Å²) < 4.78 is 25.9. The van der Waals surface area contributed by atoms with E-state index in [1.807, 2.05) is 24.3 Å². The minimum Gasteiger partial charge on any atom is -0.351 e. The standard InChI is InChI=1S/C24H24Cl2N2O3S2/c1-33(30,31)28(23-4-2-3-22(26)15-23)16-18-5-9-20(10-6-18)24(29)27-13-14-32-17-19-7-11-21(25)12-8-19/h2-12,15H,13-14,16-17H2,1H3,(H,27,29). The minimum absolute atomic E-state index is 0.141. The van der Waals surface area contributed by atoms with Crippen LogP contribution in [0.15, 0.2) is 72.8 Å². The van der Waals surface area contributed by atoms with Gasteiger partial charge in [0.05, 0.1) is 18.5 Å². The zero-order valence-electron chi connectivity index (χ0n) is 18.0. The Labute approximate surface area is 209 Å². The third kappa shape index (κ3) is 7.96. The Kier molecular flexibility index (Phi) is 9.09. The highest BCUT2D eigenvalue weighted by Crippen LogP contribution is 2.24. The van der Waals surface area contributed by atoms with E-state index in [9.17, 15) is 13.2 Å². The predicted molar refractivity (Wildman–Crippen MR) is 139 cm³/mol. The fourth-order valence-corrected chi connectivity index (χ4v) is 5.08. The second-order valence-corrected chi connectivity index (χ2v) is 11.3. The highest BCUT2D eigenvalue weighted by Gasteiger charge is 2.18. The van der Waals surface area contributed by atoms with Crippen LogP contribution in [0, 0.1) is 0 Å². The highest BCUT2D eigenvalue weighted by atomic mass is 35.5. The maximum Gasteiger partial charge on any atom is 0.251 e. The Hall–Kier alpha value is -2.19. The summed E-state index contributed by atoms with van der Waals surface area (Å²) in [6.07, 6.45) is 1.15. The van der Waals surface area contributed by atoms with Crippen LogP contribution in [0.5, 0.6) is 0 Å². The summed E-state index contributed by atoms with van der Waals surface area (Å²) in [7, 11) is -3.51. The molecule has 0 heterocycles. The molecule has 0 radical (unpaired) electrons. The zero-order valence-corrected chi connectivity index (χ0v) is 21.1. The van der Waals surface area contributed by atoms with Gasteiger partial charge >= 0.3 is 0 Å². The first-order valence-corrected chi connectivity index (χ1v) is 13.9. The van der Waals surface area contributed by atoms with Gasteiger partial charge in [-0.3, -0.25) is 9.10 Å². The maximum atomic E-state index is 12.4. The number of benzene rings is 3. The van der Waals surface area contributed by atoms with Crippen LogP contribution in [0.4, 0.5) is 5.69 Å². The largest absolute Gasteiger partial charge is 0.351 e. The Morgan fingerprint density at radius 2 is 1.61 bits per heavy atom. The van der Waals surface area contributed by atoms with Gasteiger partial charge in [0, 0.05) is 33.7 Å². The van der Waals surface area contributed by atoms with Crippen LogP contribution in [-0.2, 0) is 22.3 Å². The lowest BCUT2D eigenvalue weighted by Crippen LogP contribution is -2.29. The van der Waals surface area contributed by atoms with Gasteiger partial charge in [0.15, 0.2) is 0 Å². The monoisotopic (exact) mass is 522 g/mol. The van der Waals surface area contributed by atoms with Crippen LogP contribution < -0.4 is 9.62 Å². The smallest absolute Gasteiger partial charge is 0.251 e. The van der Waals surface area contributed by atoms with E-state index in [4.69, 9.17) is 23.2 Å². The molecule has 3 aromatic rings. The molecule has 0 spiro atoms. The number of hydrogen-bond donors (Lipinski definition) is 1. The normalized spacial score (nSPS) is 11.2. The van der Waals surface area contributed by atoms with Gasteiger partial charge in [-0.1, -0.05) is 53.5 Å². The number of carbonyl (C=O) groups excluding carboxylic acids is 1. The Morgan fingerprint density at radius 3 is 2.24 bits per heavy atom. The van der Waals surface area contributed by atoms with Crippen molar-refractivity contribution in [3.63, 3.8) is 0 Å². The molecule has 0 aliphatic heterocycles. The van der Waals surface area contributed by atoms with E-state index < -0.39 is 10.0 Å². The topological polar surface area (TPSA) is 66.5 Å². The molecular weight excluding hydrogens is 499 g/mol. The third-order valence-electron chi connectivity index (χ3n) is 4.75. The summed E-state index contributed by atoms with van der Waals surface area (Å²) >= 11 is 13.6. The minimum atomic E-state index is -3.51. The molecular formula is C24H24Cl2N2O3S2. The molecule has 1 amide bonds. The number of anilines is 1. The van der Waals surface area contributed by atoms with Gasteiger partial charge < -0.3 is 5.32 Å². The Balaban J connectivity index is 1.52. The average molecular weight is 524 g/mol. The van der Waals surface area contributed by atoms with Crippen LogP contribution in [0.2, 0.25) is 10.0 Å². The Morgan fingerprint density at radius 1 is 0.939 bits per heavy atom. The van der Waals surface area contributed by atoms with Gasteiger partial charge in [-0.25, -0.2) is 8.42 Å². The number of rotatable bonds is 10. The van der Waals surface area contributed by atoms with Crippen LogP contribution in [0.25, 0.3) is 0 Å². The number of carbonyl (C=O) groups is 1. The van der Waals surface area contributed by atoms with Crippen LogP contribution >= 0.6 is 35.0 Å². The van der Waals surface area contributed by atoms with E-state index in [0.29, 0.717) is 22.8 Å². The molecule has 174 valence electrons. The second kappa shape index (κ2) is 11.8. The van der Waals surface area contributed by atoms with Gasteiger partial charge in [-0.2, -0.15) is 11.8 Å². The van der Waals surface area contributed by atoms with E-state index in [-0.39, 0.29) is 12.5 Å². The molecule has 0 bridgehead atoms. The number of nitrogens with zero attached hydrogens (tertiary/aromatic N) is 1. The molecule has 0 fully saturated rings. The van der Waals surface area contributed by atoms with Crippen molar-refractivity contribution in [2.75, 3.05) is 22.9 Å². The van der Waals surface area contributed by atoms with Gasteiger partial charge in [0.1, 0.15) is 0 Å². The summed E-state index contributed by atoms with van der Waals surface area (Å²) in [5, 5.41) is 4.09. The highest BCUT2D eigenvalue weighted by molar-refractivity contribution is 7.98. The molecule has 0 aliphatic carbocycles. The summed E-state index contributed by atoms with van der Waals surface area (Å²) in [5.41, 5.74) is 2.96. The molecule has 0 aliphatic rings. The van der Waals surface area contributed by atoms with E-state index in [0.717, 1.165) is 28.3 Å². The van der Waals surface area contributed by atoms with E-state index in [2.05, 4.69) is 5.32 Å². The van der Waals surface area contributed by atoms with Gasteiger partial charge in [-0.05, 0) is 53.6 Å². The van der Waals surface area contributed by atoms with Crippen LogP contribution in [0.3, 0.4) is 0 Å². The average Bonchev–Trinajstić information content (AvgIpc) is 2.78. The first kappa shape index (κ1) is 25.4. The van der Waals surface area contributed by atoms with E-state index >= 15 is 0 Å². The van der Waals surface area contributed by atoms with Crippen molar-refractivity contribution in [1.29, 1.82) is 0 Å². The van der Waals surface area contributed by atoms with Crippen molar-refractivity contribution in [3.05, 3.63) is 99.5 Å². The van der Waals surface area contributed by atoms with E-state index in [1.165, 1.54) is 9.87 Å². The number of halogens is 2. The van der Waals surface area contributed by atoms with Crippen molar-refractivity contribution < 1.29 is 13.2 Å². The lowest BCUT2D eigenvalue weighted by Gasteiger charge is -2.22. The van der Waals surface area contributed by atoms with Crippen molar-refractivity contribution in [2.45, 2.75) is 12.3 Å². The third-order valence-corrected chi connectivity index (χ3v) is 7.41. The molecule has 3 rings (SSSR count). The number of hydrogen-bond acceptors (Lipinski definition) is 4. The van der Waals surface area contributed by atoms with Crippen molar-refractivity contribution in [2.24, 2.45) is 0 Å². The number of amides is 1. The molecule has 5 nitrogen and oxygen atoms in total. The zero-order chi connectivity index (χ0) is 23.8. The predicted octanol–water partition coefficient (Wildman–Crippen LogP) is 5.62. The molecule has 0 saturated heterocycles. The fourth-order valence-electron chi connectivity index (χ4n) is 3.07. The van der Waals surface area contributed by atoms with Gasteiger partial charge in [0.25, 0.3) is 5.91 Å². The van der Waals surface area contributed by atoms with Crippen LogP contribution in [-0.4, -0.2) is 32.9 Å². The quantitative estimate of drug-likeness (QED) is 0.350. The molecule has 0 unspecified atom stereocenters. The number of thioether (sulfide) groups is 1. The first-order chi connectivity index (χ1) is 15.7. The number of nitrogens with one attached hydrogen (secondary N) is 1. The second-order valence-electron chi connectivity index (χ2n) is 7.38. The summed E-state index contributed by atoms with van der Waals surface area (Å²) in [6, 6.07) is 21.3. The molecule has 0 saturated carbocycles. The van der Waals surface area contributed by atoms with Gasteiger partial charge in [-0.15, -0.1) is 0 Å². The molecule has 33 heavy (non-hydrogen) atoms. The van der Waals surface area contributed by atoms with Crippen molar-refractivity contribution in [1.82, 2.24) is 5.32 Å². The molecule has 0 aromatic heterocycles. The summed E-state index contributed by atoms with van der Waals surface area (Å²) in [5.74, 6) is 1.48. The molecule has 0 atom stereocenters. The van der Waals surface area contributed by atoms with Crippen molar-refractivity contribution in [3.8, 4) is 0 Å². The number of sulfonamides is 1. The fraction of sp³-hybridized carbons (Fsp3) is 0.208. The van der Waals surface area contributed by atoms with E-state index in [1.54, 1.807) is 60.3 Å². The molecule has 1 N–H and O–H groups in total. The summed E-state index contributed by atoms with van der Waals surface area (Å²) in [6.45, 7) is 0.692. The summed E-state index contributed by atoms with van der Waals surface area (Å²) in [4.78, 5) is 12.4. The molecule has 9 heteroatoms. The maximum absolute atomic E-state index is 12.4. The Bertz CT molecular complexity index is 1190. The molecule has 3 aromatic carbocycles. The SMILES string of the molecule is CS(=O)(=O)N(Cc1ccc(C(=O)NCCSCc2ccc(Cl)cc2)cc1)c1cccc(Cl)c1. The lowest BCUT2D eigenvalue weighted by atomic mass is 10.1. The first-order valence-electron chi connectivity index (χ1n) is 10.1. The lowest BCUT2D eigenvalue weighted by molar-refractivity contribution is 0.0956. The van der Waals surface area contributed by atoms with Crippen molar-refractivity contribution >= 4 is 56.6 Å². The van der Waals surface area contributed by atoms with Gasteiger partial charge in [0.2, 0.25) is 10.0 Å².